The van der Waals surface area contributed by atoms with Crippen molar-refractivity contribution in [2.45, 2.75) is 12.3 Å². The van der Waals surface area contributed by atoms with E-state index in [2.05, 4.69) is 0 Å². The van der Waals surface area contributed by atoms with Crippen LogP contribution in [0.15, 0.2) is 41.8 Å². The molecule has 0 radical (unpaired) electrons. The van der Waals surface area contributed by atoms with Gasteiger partial charge in [-0.2, -0.15) is 0 Å². The van der Waals surface area contributed by atoms with Crippen LogP contribution in [-0.2, 0) is 11.2 Å². The number of amidine groups is 1. The fourth-order valence-electron chi connectivity index (χ4n) is 2.37. The summed E-state index contributed by atoms with van der Waals surface area (Å²) < 4.78 is 1.03. The summed E-state index contributed by atoms with van der Waals surface area (Å²) in [5.74, 6) is -1.27. The van der Waals surface area contributed by atoms with Crippen LogP contribution in [0.2, 0.25) is 0 Å². The second-order valence-corrected chi connectivity index (χ2v) is 7.07. The Hall–Kier alpha value is -2.18. The molecular weight excluding hydrogens is 316 g/mol. The molecule has 0 aliphatic heterocycles. The van der Waals surface area contributed by atoms with Gasteiger partial charge < -0.3 is 10.8 Å². The highest BCUT2D eigenvalue weighted by molar-refractivity contribution is 7.20. The van der Waals surface area contributed by atoms with Gasteiger partial charge in [-0.25, -0.2) is 0 Å². The Kier molecular flexibility index (Phi) is 3.96. The number of hydrogen-bond acceptors (Lipinski definition) is 4. The molecule has 1 atom stereocenters. The Bertz CT molecular complexity index is 837. The van der Waals surface area contributed by atoms with Gasteiger partial charge in [0, 0.05) is 9.58 Å². The Morgan fingerprint density at radius 3 is 2.77 bits per heavy atom. The molecule has 2 heterocycles. The summed E-state index contributed by atoms with van der Waals surface area (Å²) in [4.78, 5) is 13.1. The minimum Gasteiger partial charge on any atom is -0.481 e. The zero-order valence-corrected chi connectivity index (χ0v) is 13.2. The number of nitrogens with two attached hydrogens (primary N) is 1. The zero-order chi connectivity index (χ0) is 15.7. The molecule has 4 N–H and O–H groups in total. The SMILES string of the molecule is N=C(N)c1cc2ccc(CC(C(=O)O)c3cccs3)cc2s1. The maximum Gasteiger partial charge on any atom is 0.312 e. The van der Waals surface area contributed by atoms with E-state index in [0.717, 1.165) is 25.4 Å². The smallest absolute Gasteiger partial charge is 0.312 e. The maximum atomic E-state index is 11.5. The summed E-state index contributed by atoms with van der Waals surface area (Å²) in [6, 6.07) is 11.5. The number of fused-ring (bicyclic) bond motifs is 1. The standard InChI is InChI=1S/C16H14N2O2S2/c17-15(18)14-8-10-4-3-9(7-13(10)22-14)6-11(16(19)20)12-2-1-5-21-12/h1-5,7-8,11H,6H2,(H3,17,18)(H,19,20). The Labute approximate surface area is 135 Å². The highest BCUT2D eigenvalue weighted by atomic mass is 32.1. The molecule has 0 aliphatic rings. The van der Waals surface area contributed by atoms with Crippen LogP contribution in [0.4, 0.5) is 0 Å². The lowest BCUT2D eigenvalue weighted by Crippen LogP contribution is -2.13. The van der Waals surface area contributed by atoms with Crippen LogP contribution in [0.25, 0.3) is 10.1 Å². The minimum atomic E-state index is -0.807. The number of aliphatic carboxylic acids is 1. The molecule has 4 nitrogen and oxygen atoms in total. The fourth-order valence-corrected chi connectivity index (χ4v) is 4.18. The van der Waals surface area contributed by atoms with Crippen LogP contribution in [0.1, 0.15) is 21.2 Å². The molecule has 0 fully saturated rings. The number of benzene rings is 1. The van der Waals surface area contributed by atoms with Gasteiger partial charge in [0.15, 0.2) is 0 Å². The van der Waals surface area contributed by atoms with Crippen molar-refractivity contribution in [2.24, 2.45) is 5.73 Å². The van der Waals surface area contributed by atoms with Gasteiger partial charge in [0.05, 0.1) is 10.8 Å². The molecule has 112 valence electrons. The molecule has 0 spiro atoms. The lowest BCUT2D eigenvalue weighted by molar-refractivity contribution is -0.138. The third kappa shape index (κ3) is 2.88. The Morgan fingerprint density at radius 1 is 1.32 bits per heavy atom. The first-order valence-corrected chi connectivity index (χ1v) is 8.37. The van der Waals surface area contributed by atoms with E-state index in [4.69, 9.17) is 11.1 Å². The van der Waals surface area contributed by atoms with E-state index in [-0.39, 0.29) is 5.84 Å². The fraction of sp³-hybridized carbons (Fsp3) is 0.125. The van der Waals surface area contributed by atoms with E-state index in [1.54, 1.807) is 0 Å². The first kappa shape index (κ1) is 14.7. The summed E-state index contributed by atoms with van der Waals surface area (Å²) in [6.07, 6.45) is 0.457. The highest BCUT2D eigenvalue weighted by Gasteiger charge is 2.21. The molecule has 1 aromatic carbocycles. The molecular formula is C16H14N2O2S2. The molecule has 2 aromatic heterocycles. The van der Waals surface area contributed by atoms with Crippen molar-refractivity contribution in [3.8, 4) is 0 Å². The predicted molar refractivity (Wildman–Crippen MR) is 91.2 cm³/mol. The van der Waals surface area contributed by atoms with Crippen molar-refractivity contribution < 1.29 is 9.90 Å². The zero-order valence-electron chi connectivity index (χ0n) is 11.6. The van der Waals surface area contributed by atoms with Gasteiger partial charge in [0.2, 0.25) is 0 Å². The van der Waals surface area contributed by atoms with Gasteiger partial charge in [-0.15, -0.1) is 22.7 Å². The lowest BCUT2D eigenvalue weighted by Gasteiger charge is -2.10. The quantitative estimate of drug-likeness (QED) is 0.493. The topological polar surface area (TPSA) is 87.2 Å². The van der Waals surface area contributed by atoms with Crippen molar-refractivity contribution >= 4 is 44.6 Å². The molecule has 0 bridgehead atoms. The maximum absolute atomic E-state index is 11.5. The average molecular weight is 330 g/mol. The third-order valence-corrected chi connectivity index (χ3v) is 5.59. The Balaban J connectivity index is 1.92. The first-order valence-electron chi connectivity index (χ1n) is 6.67. The summed E-state index contributed by atoms with van der Waals surface area (Å²) in [6.45, 7) is 0. The average Bonchev–Trinajstić information content (AvgIpc) is 3.13. The molecule has 3 aromatic rings. The van der Waals surface area contributed by atoms with Crippen molar-refractivity contribution in [2.75, 3.05) is 0 Å². The Morgan fingerprint density at radius 2 is 2.14 bits per heavy atom. The van der Waals surface area contributed by atoms with Gasteiger partial charge >= 0.3 is 5.97 Å². The number of nitrogen functional groups attached to an aromatic ring is 1. The molecule has 0 saturated heterocycles. The van der Waals surface area contributed by atoms with E-state index in [0.29, 0.717) is 6.42 Å². The van der Waals surface area contributed by atoms with Gasteiger partial charge in [-0.3, -0.25) is 10.2 Å². The second kappa shape index (κ2) is 5.90. The number of carboxylic acid groups (broad SMARTS) is 1. The van der Waals surface area contributed by atoms with Crippen LogP contribution < -0.4 is 5.73 Å². The monoisotopic (exact) mass is 330 g/mol. The second-order valence-electron chi connectivity index (χ2n) is 5.01. The van der Waals surface area contributed by atoms with E-state index in [1.807, 2.05) is 41.8 Å². The normalized spacial score (nSPS) is 12.4. The highest BCUT2D eigenvalue weighted by Crippen LogP contribution is 2.30. The van der Waals surface area contributed by atoms with Crippen LogP contribution >= 0.6 is 22.7 Å². The third-order valence-electron chi connectivity index (χ3n) is 3.47. The van der Waals surface area contributed by atoms with Gasteiger partial charge in [0.1, 0.15) is 5.84 Å². The van der Waals surface area contributed by atoms with Crippen molar-refractivity contribution in [3.05, 3.63) is 57.1 Å². The summed E-state index contributed by atoms with van der Waals surface area (Å²) >= 11 is 2.93. The number of carbonyl (C=O) groups is 1. The molecule has 0 saturated carbocycles. The van der Waals surface area contributed by atoms with Crippen LogP contribution in [0, 0.1) is 5.41 Å². The van der Waals surface area contributed by atoms with Crippen LogP contribution in [-0.4, -0.2) is 16.9 Å². The summed E-state index contributed by atoms with van der Waals surface area (Å²) in [5.41, 5.74) is 6.49. The van der Waals surface area contributed by atoms with E-state index >= 15 is 0 Å². The van der Waals surface area contributed by atoms with Crippen LogP contribution in [0.3, 0.4) is 0 Å². The number of carboxylic acids is 1. The molecule has 1 unspecified atom stereocenters. The van der Waals surface area contributed by atoms with E-state index in [9.17, 15) is 9.90 Å². The molecule has 0 amide bonds. The van der Waals surface area contributed by atoms with Gasteiger partial charge in [-0.1, -0.05) is 18.2 Å². The van der Waals surface area contributed by atoms with Crippen molar-refractivity contribution in [1.82, 2.24) is 0 Å². The van der Waals surface area contributed by atoms with Crippen molar-refractivity contribution in [1.29, 1.82) is 5.41 Å². The number of rotatable bonds is 5. The predicted octanol–water partition coefficient (Wildman–Crippen LogP) is 3.66. The molecule has 3 rings (SSSR count). The largest absolute Gasteiger partial charge is 0.481 e. The number of nitrogens with one attached hydrogen (secondary N) is 1. The molecule has 22 heavy (non-hydrogen) atoms. The summed E-state index contributed by atoms with van der Waals surface area (Å²) in [7, 11) is 0. The minimum absolute atomic E-state index is 0.0600. The number of thiophene rings is 2. The van der Waals surface area contributed by atoms with E-state index < -0.39 is 11.9 Å². The van der Waals surface area contributed by atoms with E-state index in [1.165, 1.54) is 22.7 Å². The van der Waals surface area contributed by atoms with Gasteiger partial charge in [-0.05, 0) is 40.9 Å². The van der Waals surface area contributed by atoms with Crippen LogP contribution in [0.5, 0.6) is 0 Å². The van der Waals surface area contributed by atoms with Gasteiger partial charge in [0.25, 0.3) is 0 Å². The number of hydrogen-bond donors (Lipinski definition) is 3. The lowest BCUT2D eigenvalue weighted by atomic mass is 9.97. The van der Waals surface area contributed by atoms with Crippen molar-refractivity contribution in [3.63, 3.8) is 0 Å². The summed E-state index contributed by atoms with van der Waals surface area (Å²) in [5, 5.41) is 19.9. The first-order chi connectivity index (χ1) is 10.5. The molecule has 6 heteroatoms. The molecule has 0 aliphatic carbocycles.